The Morgan fingerprint density at radius 3 is 2.20 bits per heavy atom. The Morgan fingerprint density at radius 1 is 0.750 bits per heavy atom. The van der Waals surface area contributed by atoms with Crippen molar-refractivity contribution in [3.63, 3.8) is 0 Å². The average Bonchev–Trinajstić information content (AvgIpc) is 2.53. The molecule has 1 N–H and O–H groups in total. The van der Waals surface area contributed by atoms with Gasteiger partial charge in [0, 0.05) is 12.2 Å². The summed E-state index contributed by atoms with van der Waals surface area (Å²) in [5.41, 5.74) is 3.86. The van der Waals surface area contributed by atoms with Crippen LogP contribution in [-0.4, -0.2) is 0 Å². The third-order valence-electron chi connectivity index (χ3n) is 3.67. The first kappa shape index (κ1) is 12.7. The van der Waals surface area contributed by atoms with Crippen molar-refractivity contribution in [3.8, 4) is 0 Å². The lowest BCUT2D eigenvalue weighted by atomic mass is 10.1. The summed E-state index contributed by atoms with van der Waals surface area (Å²) in [7, 11) is 0. The summed E-state index contributed by atoms with van der Waals surface area (Å²) in [4.78, 5) is 0. The molecule has 0 aliphatic rings. The van der Waals surface area contributed by atoms with Crippen molar-refractivity contribution in [3.05, 3.63) is 77.9 Å². The number of anilines is 1. The van der Waals surface area contributed by atoms with E-state index in [0.29, 0.717) is 0 Å². The van der Waals surface area contributed by atoms with E-state index >= 15 is 0 Å². The van der Waals surface area contributed by atoms with Crippen molar-refractivity contribution < 1.29 is 0 Å². The van der Waals surface area contributed by atoms with Gasteiger partial charge in [-0.05, 0) is 46.5 Å². The van der Waals surface area contributed by atoms with Crippen LogP contribution in [0.3, 0.4) is 0 Å². The first-order chi connectivity index (χ1) is 9.85. The summed E-state index contributed by atoms with van der Waals surface area (Å²) in [6.45, 7) is 3.04. The van der Waals surface area contributed by atoms with E-state index in [9.17, 15) is 0 Å². The number of aryl methyl sites for hydroxylation is 1. The molecule has 0 spiro atoms. The molecule has 3 aromatic rings. The second-order valence-corrected chi connectivity index (χ2v) is 5.09. The van der Waals surface area contributed by atoms with E-state index in [1.165, 1.54) is 27.6 Å². The zero-order valence-corrected chi connectivity index (χ0v) is 11.8. The monoisotopic (exact) mass is 261 g/mol. The highest BCUT2D eigenvalue weighted by Gasteiger charge is 1.97. The molecule has 0 amide bonds. The van der Waals surface area contributed by atoms with E-state index in [2.05, 4.69) is 79.0 Å². The largest absolute Gasteiger partial charge is 0.381 e. The lowest BCUT2D eigenvalue weighted by molar-refractivity contribution is 1.13. The molecule has 0 heterocycles. The Kier molecular flexibility index (Phi) is 3.69. The molecule has 100 valence electrons. The van der Waals surface area contributed by atoms with Crippen molar-refractivity contribution in [1.29, 1.82) is 0 Å². The fourth-order valence-electron chi connectivity index (χ4n) is 2.41. The SMILES string of the molecule is CCc1ccc(NCc2ccc3ccccc3c2)cc1. The van der Waals surface area contributed by atoms with Gasteiger partial charge in [0.25, 0.3) is 0 Å². The van der Waals surface area contributed by atoms with Gasteiger partial charge in [-0.15, -0.1) is 0 Å². The Morgan fingerprint density at radius 2 is 1.45 bits per heavy atom. The molecule has 0 radical (unpaired) electrons. The minimum Gasteiger partial charge on any atom is -0.381 e. The average molecular weight is 261 g/mol. The van der Waals surface area contributed by atoms with Crippen LogP contribution >= 0.6 is 0 Å². The normalized spacial score (nSPS) is 10.7. The first-order valence-electron chi connectivity index (χ1n) is 7.15. The van der Waals surface area contributed by atoms with Crippen LogP contribution in [0, 0.1) is 0 Å². The van der Waals surface area contributed by atoms with Crippen LogP contribution in [0.1, 0.15) is 18.1 Å². The summed E-state index contributed by atoms with van der Waals surface area (Å²) < 4.78 is 0. The number of nitrogens with one attached hydrogen (secondary N) is 1. The Labute approximate surface area is 120 Å². The molecule has 0 unspecified atom stereocenters. The number of benzene rings is 3. The van der Waals surface area contributed by atoms with E-state index in [0.717, 1.165) is 13.0 Å². The summed E-state index contributed by atoms with van der Waals surface area (Å²) in [5.74, 6) is 0. The highest BCUT2D eigenvalue weighted by Crippen LogP contribution is 2.17. The standard InChI is InChI=1S/C19H19N/c1-2-15-8-11-19(12-9-15)20-14-16-7-10-17-5-3-4-6-18(17)13-16/h3-13,20H,2,14H2,1H3. The van der Waals surface area contributed by atoms with Crippen LogP contribution in [0.2, 0.25) is 0 Å². The third kappa shape index (κ3) is 2.83. The molecule has 3 aromatic carbocycles. The smallest absolute Gasteiger partial charge is 0.0401 e. The first-order valence-corrected chi connectivity index (χ1v) is 7.15. The van der Waals surface area contributed by atoms with Crippen LogP contribution in [0.4, 0.5) is 5.69 Å². The van der Waals surface area contributed by atoms with Crippen molar-refractivity contribution in [1.82, 2.24) is 0 Å². The molecule has 0 saturated carbocycles. The minimum atomic E-state index is 0.857. The van der Waals surface area contributed by atoms with Gasteiger partial charge in [-0.25, -0.2) is 0 Å². The third-order valence-corrected chi connectivity index (χ3v) is 3.67. The van der Waals surface area contributed by atoms with E-state index < -0.39 is 0 Å². The van der Waals surface area contributed by atoms with Crippen molar-refractivity contribution >= 4 is 16.5 Å². The highest BCUT2D eigenvalue weighted by atomic mass is 14.9. The fourth-order valence-corrected chi connectivity index (χ4v) is 2.41. The van der Waals surface area contributed by atoms with Gasteiger partial charge in [0.05, 0.1) is 0 Å². The van der Waals surface area contributed by atoms with Crippen molar-refractivity contribution in [2.24, 2.45) is 0 Å². The molecule has 3 rings (SSSR count). The molecule has 1 heteroatoms. The number of hydrogen-bond acceptors (Lipinski definition) is 1. The van der Waals surface area contributed by atoms with Gasteiger partial charge < -0.3 is 5.32 Å². The van der Waals surface area contributed by atoms with Crippen LogP contribution in [0.5, 0.6) is 0 Å². The number of rotatable bonds is 4. The van der Waals surface area contributed by atoms with Gasteiger partial charge in [-0.2, -0.15) is 0 Å². The molecular weight excluding hydrogens is 242 g/mol. The van der Waals surface area contributed by atoms with Gasteiger partial charge in [0.15, 0.2) is 0 Å². The van der Waals surface area contributed by atoms with E-state index in [4.69, 9.17) is 0 Å². The summed E-state index contributed by atoms with van der Waals surface area (Å²) in [6, 6.07) is 23.8. The van der Waals surface area contributed by atoms with E-state index in [-0.39, 0.29) is 0 Å². The summed E-state index contributed by atoms with van der Waals surface area (Å²) in [5, 5.41) is 6.07. The van der Waals surface area contributed by atoms with Crippen LogP contribution in [0.15, 0.2) is 66.7 Å². The molecule has 20 heavy (non-hydrogen) atoms. The van der Waals surface area contributed by atoms with Crippen LogP contribution in [0.25, 0.3) is 10.8 Å². The number of fused-ring (bicyclic) bond motifs is 1. The lowest BCUT2D eigenvalue weighted by Crippen LogP contribution is -1.99. The zero-order valence-electron chi connectivity index (χ0n) is 11.8. The van der Waals surface area contributed by atoms with Crippen molar-refractivity contribution in [2.75, 3.05) is 5.32 Å². The molecule has 0 fully saturated rings. The molecule has 0 bridgehead atoms. The maximum absolute atomic E-state index is 3.48. The molecule has 0 saturated heterocycles. The van der Waals surface area contributed by atoms with Crippen molar-refractivity contribution in [2.45, 2.75) is 19.9 Å². The quantitative estimate of drug-likeness (QED) is 0.695. The van der Waals surface area contributed by atoms with E-state index in [1.807, 2.05) is 0 Å². The Hall–Kier alpha value is -2.28. The predicted molar refractivity (Wildman–Crippen MR) is 87.1 cm³/mol. The number of hydrogen-bond donors (Lipinski definition) is 1. The Balaban J connectivity index is 1.72. The minimum absolute atomic E-state index is 0.857. The molecule has 0 aliphatic carbocycles. The molecular formula is C19H19N. The summed E-state index contributed by atoms with van der Waals surface area (Å²) >= 11 is 0. The molecule has 0 aliphatic heterocycles. The highest BCUT2D eigenvalue weighted by molar-refractivity contribution is 5.83. The van der Waals surface area contributed by atoms with Gasteiger partial charge in [0.2, 0.25) is 0 Å². The topological polar surface area (TPSA) is 12.0 Å². The fraction of sp³-hybridized carbons (Fsp3) is 0.158. The maximum atomic E-state index is 3.48. The van der Waals surface area contributed by atoms with Crippen LogP contribution < -0.4 is 5.32 Å². The molecule has 1 nitrogen and oxygen atoms in total. The van der Waals surface area contributed by atoms with Gasteiger partial charge in [0.1, 0.15) is 0 Å². The summed E-state index contributed by atoms with van der Waals surface area (Å²) in [6.07, 6.45) is 1.09. The maximum Gasteiger partial charge on any atom is 0.0401 e. The zero-order chi connectivity index (χ0) is 13.8. The Bertz CT molecular complexity index is 698. The predicted octanol–water partition coefficient (Wildman–Crippen LogP) is 5.01. The van der Waals surface area contributed by atoms with Crippen LogP contribution in [-0.2, 0) is 13.0 Å². The molecule has 0 atom stereocenters. The van der Waals surface area contributed by atoms with Gasteiger partial charge >= 0.3 is 0 Å². The lowest BCUT2D eigenvalue weighted by Gasteiger charge is -2.08. The molecule has 0 aromatic heterocycles. The van der Waals surface area contributed by atoms with E-state index in [1.54, 1.807) is 0 Å². The van der Waals surface area contributed by atoms with Gasteiger partial charge in [-0.1, -0.05) is 55.5 Å². The van der Waals surface area contributed by atoms with Gasteiger partial charge in [-0.3, -0.25) is 0 Å². The second-order valence-electron chi connectivity index (χ2n) is 5.09. The second kappa shape index (κ2) is 5.79.